The van der Waals surface area contributed by atoms with Crippen LogP contribution in [0.5, 0.6) is 5.75 Å². The quantitative estimate of drug-likeness (QED) is 0.910. The minimum Gasteiger partial charge on any atom is -0.497 e. The van der Waals surface area contributed by atoms with E-state index in [0.717, 1.165) is 37.5 Å². The van der Waals surface area contributed by atoms with Crippen molar-refractivity contribution in [2.75, 3.05) is 26.7 Å². The van der Waals surface area contributed by atoms with Gasteiger partial charge in [0.15, 0.2) is 0 Å². The Morgan fingerprint density at radius 1 is 1.31 bits per heavy atom. The highest BCUT2D eigenvalue weighted by Gasteiger charge is 2.38. The first-order chi connectivity index (χ1) is 12.6. The maximum atomic E-state index is 13.3. The van der Waals surface area contributed by atoms with E-state index in [1.54, 1.807) is 7.11 Å². The predicted octanol–water partition coefficient (Wildman–Crippen LogP) is 1.63. The van der Waals surface area contributed by atoms with E-state index in [0.29, 0.717) is 6.54 Å². The largest absolute Gasteiger partial charge is 0.497 e. The Morgan fingerprint density at radius 2 is 2.15 bits per heavy atom. The van der Waals surface area contributed by atoms with E-state index in [1.807, 2.05) is 28.9 Å². The zero-order chi connectivity index (χ0) is 18.3. The molecule has 0 saturated carbocycles. The lowest BCUT2D eigenvalue weighted by Gasteiger charge is -2.32. The average molecular weight is 354 g/mol. The molecule has 1 saturated heterocycles. The number of carbonyl (C=O) groups is 1. The summed E-state index contributed by atoms with van der Waals surface area (Å²) in [5.41, 5.74) is 4.85. The molecule has 6 heteroatoms. The number of nitrogens with zero attached hydrogens (tertiary/aromatic N) is 3. The molecule has 1 aromatic heterocycles. The number of carbonyl (C=O) groups excluding carboxylic acids is 1. The van der Waals surface area contributed by atoms with Crippen molar-refractivity contribution in [1.82, 2.24) is 20.0 Å². The molecular weight excluding hydrogens is 328 g/mol. The minimum absolute atomic E-state index is 0.0231. The topological polar surface area (TPSA) is 59.4 Å². The molecule has 1 aromatic carbocycles. The summed E-state index contributed by atoms with van der Waals surface area (Å²) in [7, 11) is 3.63. The van der Waals surface area contributed by atoms with Crippen LogP contribution in [0.4, 0.5) is 0 Å². The summed E-state index contributed by atoms with van der Waals surface area (Å²) < 4.78 is 7.23. The molecule has 1 amide bonds. The van der Waals surface area contributed by atoms with E-state index in [-0.39, 0.29) is 17.7 Å². The fourth-order valence-corrected chi connectivity index (χ4v) is 4.23. The number of ether oxygens (including phenoxy) is 1. The Morgan fingerprint density at radius 3 is 2.88 bits per heavy atom. The number of hydrogen-bond acceptors (Lipinski definition) is 4. The van der Waals surface area contributed by atoms with Gasteiger partial charge in [0.05, 0.1) is 19.2 Å². The van der Waals surface area contributed by atoms with Gasteiger partial charge in [-0.3, -0.25) is 9.48 Å². The molecule has 0 spiro atoms. The third-order valence-corrected chi connectivity index (χ3v) is 5.94. The monoisotopic (exact) mass is 354 g/mol. The third-order valence-electron chi connectivity index (χ3n) is 5.94. The number of aromatic nitrogens is 2. The van der Waals surface area contributed by atoms with Crippen molar-refractivity contribution in [2.24, 2.45) is 13.0 Å². The molecule has 0 bridgehead atoms. The van der Waals surface area contributed by atoms with Crippen LogP contribution in [0.15, 0.2) is 24.4 Å². The average Bonchev–Trinajstić information content (AvgIpc) is 3.27. The van der Waals surface area contributed by atoms with Crippen LogP contribution >= 0.6 is 0 Å². The number of fused-ring (bicyclic) bond motifs is 1. The maximum absolute atomic E-state index is 13.3. The van der Waals surface area contributed by atoms with Crippen LogP contribution in [0.1, 0.15) is 28.3 Å². The van der Waals surface area contributed by atoms with Gasteiger partial charge < -0.3 is 15.0 Å². The lowest BCUT2D eigenvalue weighted by atomic mass is 9.87. The number of amides is 1. The van der Waals surface area contributed by atoms with Crippen LogP contribution in [0.25, 0.3) is 0 Å². The minimum atomic E-state index is -0.0231. The number of aryl methyl sites for hydroxylation is 1. The Labute approximate surface area is 154 Å². The van der Waals surface area contributed by atoms with Crippen LogP contribution < -0.4 is 10.1 Å². The number of methoxy groups -OCH3 is 1. The summed E-state index contributed by atoms with van der Waals surface area (Å²) in [5.74, 6) is 1.27. The second-order valence-corrected chi connectivity index (χ2v) is 7.32. The van der Waals surface area contributed by atoms with Crippen LogP contribution in [0.2, 0.25) is 0 Å². The van der Waals surface area contributed by atoms with Crippen LogP contribution in [-0.2, 0) is 24.8 Å². The van der Waals surface area contributed by atoms with Gasteiger partial charge in [0, 0.05) is 44.8 Å². The Balaban J connectivity index is 1.54. The normalized spacial score (nSPS) is 22.3. The highest BCUT2D eigenvalue weighted by atomic mass is 16.5. The summed E-state index contributed by atoms with van der Waals surface area (Å²) in [5, 5.41) is 7.78. The first-order valence-electron chi connectivity index (χ1n) is 9.22. The molecule has 2 aromatic rings. The molecule has 1 fully saturated rings. The molecule has 4 rings (SSSR count). The second kappa shape index (κ2) is 6.76. The van der Waals surface area contributed by atoms with Gasteiger partial charge in [0.25, 0.3) is 0 Å². The number of nitrogens with one attached hydrogen (secondary N) is 1. The molecule has 26 heavy (non-hydrogen) atoms. The molecule has 0 radical (unpaired) electrons. The van der Waals surface area contributed by atoms with Crippen molar-refractivity contribution in [2.45, 2.75) is 25.8 Å². The van der Waals surface area contributed by atoms with Gasteiger partial charge in [-0.2, -0.15) is 5.10 Å². The number of benzene rings is 1. The number of rotatable bonds is 3. The third kappa shape index (κ3) is 2.88. The molecule has 0 unspecified atom stereocenters. The van der Waals surface area contributed by atoms with E-state index >= 15 is 0 Å². The van der Waals surface area contributed by atoms with Crippen molar-refractivity contribution in [3.8, 4) is 5.75 Å². The lowest BCUT2D eigenvalue weighted by molar-refractivity contribution is -0.136. The first kappa shape index (κ1) is 17.1. The Kier molecular flexibility index (Phi) is 4.44. The fourth-order valence-electron chi connectivity index (χ4n) is 4.23. The van der Waals surface area contributed by atoms with Gasteiger partial charge in [0.2, 0.25) is 5.91 Å². The van der Waals surface area contributed by atoms with E-state index in [2.05, 4.69) is 29.5 Å². The zero-order valence-corrected chi connectivity index (χ0v) is 15.7. The van der Waals surface area contributed by atoms with E-state index < -0.39 is 0 Å². The summed E-state index contributed by atoms with van der Waals surface area (Å²) in [6, 6.07) is 6.18. The van der Waals surface area contributed by atoms with Crippen molar-refractivity contribution >= 4 is 5.91 Å². The second-order valence-electron chi connectivity index (χ2n) is 7.32. The smallest absolute Gasteiger partial charge is 0.227 e. The summed E-state index contributed by atoms with van der Waals surface area (Å²) in [6.07, 6.45) is 2.82. The molecule has 0 aliphatic carbocycles. The van der Waals surface area contributed by atoms with E-state index in [1.165, 1.54) is 16.7 Å². The standard InChI is InChI=1S/C20H26N4O2/c1-13-17(11-22-23(13)2)18-9-21-10-19(18)20(25)24-7-6-14-4-5-16(26-3)8-15(14)12-24/h4-5,8,11,18-19,21H,6-7,9-10,12H2,1-3H3/t18-,19+/m0/s1. The van der Waals surface area contributed by atoms with Crippen LogP contribution in [0, 0.1) is 12.8 Å². The van der Waals surface area contributed by atoms with Gasteiger partial charge in [-0.05, 0) is 42.2 Å². The molecular formula is C20H26N4O2. The number of hydrogen-bond donors (Lipinski definition) is 1. The maximum Gasteiger partial charge on any atom is 0.227 e. The highest BCUT2D eigenvalue weighted by Crippen LogP contribution is 2.33. The Hall–Kier alpha value is -2.34. The van der Waals surface area contributed by atoms with E-state index in [4.69, 9.17) is 4.74 Å². The summed E-state index contributed by atoms with van der Waals surface area (Å²) in [6.45, 7) is 5.10. The van der Waals surface area contributed by atoms with Crippen LogP contribution in [-0.4, -0.2) is 47.3 Å². The fraction of sp³-hybridized carbons (Fsp3) is 0.500. The highest BCUT2D eigenvalue weighted by molar-refractivity contribution is 5.81. The molecule has 3 heterocycles. The SMILES string of the molecule is COc1ccc2c(c1)CN(C(=O)[C@@H]1CNC[C@H]1c1cnn(C)c1C)CC2. The molecule has 2 aliphatic rings. The Bertz CT molecular complexity index is 829. The van der Waals surface area contributed by atoms with Gasteiger partial charge in [-0.15, -0.1) is 0 Å². The summed E-state index contributed by atoms with van der Waals surface area (Å²) in [4.78, 5) is 15.3. The first-order valence-corrected chi connectivity index (χ1v) is 9.22. The summed E-state index contributed by atoms with van der Waals surface area (Å²) >= 11 is 0. The van der Waals surface area contributed by atoms with Crippen molar-refractivity contribution in [3.63, 3.8) is 0 Å². The van der Waals surface area contributed by atoms with Gasteiger partial charge >= 0.3 is 0 Å². The van der Waals surface area contributed by atoms with Gasteiger partial charge in [-0.25, -0.2) is 0 Å². The van der Waals surface area contributed by atoms with Crippen LogP contribution in [0.3, 0.4) is 0 Å². The van der Waals surface area contributed by atoms with Gasteiger partial charge in [-0.1, -0.05) is 6.07 Å². The molecule has 6 nitrogen and oxygen atoms in total. The zero-order valence-electron chi connectivity index (χ0n) is 15.7. The van der Waals surface area contributed by atoms with Crippen molar-refractivity contribution in [1.29, 1.82) is 0 Å². The van der Waals surface area contributed by atoms with E-state index in [9.17, 15) is 4.79 Å². The van der Waals surface area contributed by atoms with Crippen molar-refractivity contribution in [3.05, 3.63) is 46.8 Å². The molecule has 2 atom stereocenters. The van der Waals surface area contributed by atoms with Crippen molar-refractivity contribution < 1.29 is 9.53 Å². The molecule has 1 N–H and O–H groups in total. The predicted molar refractivity (Wildman–Crippen MR) is 99.2 cm³/mol. The lowest BCUT2D eigenvalue weighted by Crippen LogP contribution is -2.41. The van der Waals surface area contributed by atoms with Gasteiger partial charge in [0.1, 0.15) is 5.75 Å². The molecule has 2 aliphatic heterocycles. The molecule has 138 valence electrons.